The van der Waals surface area contributed by atoms with E-state index < -0.39 is 0 Å². The highest BCUT2D eigenvalue weighted by molar-refractivity contribution is 7.09. The third-order valence-corrected chi connectivity index (χ3v) is 4.38. The van der Waals surface area contributed by atoms with Crippen molar-refractivity contribution in [3.8, 4) is 5.75 Å². The fourth-order valence-corrected chi connectivity index (χ4v) is 3.11. The molecule has 0 spiro atoms. The van der Waals surface area contributed by atoms with Crippen molar-refractivity contribution in [1.82, 2.24) is 4.98 Å². The normalized spacial score (nSPS) is 10.3. The Hall–Kier alpha value is -3.19. The van der Waals surface area contributed by atoms with E-state index in [0.29, 0.717) is 23.7 Å². The van der Waals surface area contributed by atoms with Crippen LogP contribution >= 0.6 is 11.3 Å². The van der Waals surface area contributed by atoms with E-state index >= 15 is 0 Å². The van der Waals surface area contributed by atoms with E-state index in [1.54, 1.807) is 24.3 Å². The zero-order chi connectivity index (χ0) is 19.1. The van der Waals surface area contributed by atoms with Crippen LogP contribution in [0.25, 0.3) is 0 Å². The second kappa shape index (κ2) is 8.95. The van der Waals surface area contributed by atoms with Gasteiger partial charge in [0.25, 0.3) is 0 Å². The predicted molar refractivity (Wildman–Crippen MR) is 106 cm³/mol. The number of carbonyl (C=O) groups is 2. The first-order valence-electron chi connectivity index (χ1n) is 8.37. The Bertz CT molecular complexity index is 925. The smallest absolute Gasteiger partial charge is 0.230 e. The lowest BCUT2D eigenvalue weighted by Gasteiger charge is -2.07. The summed E-state index contributed by atoms with van der Waals surface area (Å²) in [6.45, 7) is 1.81. The van der Waals surface area contributed by atoms with Crippen LogP contribution < -0.4 is 15.4 Å². The highest BCUT2D eigenvalue weighted by atomic mass is 32.1. The van der Waals surface area contributed by atoms with Crippen LogP contribution in [0.3, 0.4) is 0 Å². The van der Waals surface area contributed by atoms with Crippen LogP contribution in [0, 0.1) is 0 Å². The topological polar surface area (TPSA) is 80.3 Å². The SMILES string of the molecule is CC(=O)Nc1cccc(NC(=O)Cc2csc(COc3ccccc3)n2)c1. The largest absolute Gasteiger partial charge is 0.486 e. The molecule has 6 nitrogen and oxygen atoms in total. The predicted octanol–water partition coefficient (Wildman–Crippen LogP) is 3.86. The van der Waals surface area contributed by atoms with Crippen LogP contribution in [0.15, 0.2) is 60.0 Å². The van der Waals surface area contributed by atoms with E-state index in [0.717, 1.165) is 10.8 Å². The molecule has 1 aromatic heterocycles. The van der Waals surface area contributed by atoms with Crippen molar-refractivity contribution in [2.45, 2.75) is 20.0 Å². The van der Waals surface area contributed by atoms with Gasteiger partial charge in [-0.25, -0.2) is 4.98 Å². The van der Waals surface area contributed by atoms with Gasteiger partial charge in [-0.2, -0.15) is 0 Å². The Morgan fingerprint density at radius 1 is 1.04 bits per heavy atom. The van der Waals surface area contributed by atoms with Gasteiger partial charge in [-0.15, -0.1) is 11.3 Å². The van der Waals surface area contributed by atoms with Gasteiger partial charge in [-0.05, 0) is 30.3 Å². The number of aromatic nitrogens is 1. The van der Waals surface area contributed by atoms with E-state index in [1.165, 1.54) is 18.3 Å². The third kappa shape index (κ3) is 5.93. The van der Waals surface area contributed by atoms with Gasteiger partial charge in [-0.3, -0.25) is 9.59 Å². The molecule has 0 aliphatic carbocycles. The molecule has 0 radical (unpaired) electrons. The van der Waals surface area contributed by atoms with E-state index in [1.807, 2.05) is 35.7 Å². The molecule has 0 saturated carbocycles. The molecule has 1 heterocycles. The molecule has 2 N–H and O–H groups in total. The van der Waals surface area contributed by atoms with Gasteiger partial charge in [0.15, 0.2) is 0 Å². The maximum absolute atomic E-state index is 12.2. The molecular weight excluding hydrogens is 362 g/mol. The Labute approximate surface area is 161 Å². The molecule has 2 aromatic carbocycles. The van der Waals surface area contributed by atoms with Crippen molar-refractivity contribution in [2.24, 2.45) is 0 Å². The first-order valence-corrected chi connectivity index (χ1v) is 9.25. The van der Waals surface area contributed by atoms with Crippen molar-refractivity contribution >= 4 is 34.5 Å². The van der Waals surface area contributed by atoms with Crippen molar-refractivity contribution < 1.29 is 14.3 Å². The number of nitrogens with one attached hydrogen (secondary N) is 2. The molecule has 0 aliphatic rings. The average Bonchev–Trinajstić information content (AvgIpc) is 3.08. The second-order valence-corrected chi connectivity index (χ2v) is 6.76. The summed E-state index contributed by atoms with van der Waals surface area (Å²) in [5.74, 6) is 0.452. The molecule has 0 unspecified atom stereocenters. The van der Waals surface area contributed by atoms with E-state index in [-0.39, 0.29) is 18.2 Å². The highest BCUT2D eigenvalue weighted by Crippen LogP contribution is 2.17. The number of amides is 2. The fourth-order valence-electron chi connectivity index (χ4n) is 2.41. The van der Waals surface area contributed by atoms with Crippen LogP contribution in [0.4, 0.5) is 11.4 Å². The Morgan fingerprint density at radius 2 is 1.78 bits per heavy atom. The summed E-state index contributed by atoms with van der Waals surface area (Å²) in [4.78, 5) is 27.8. The Balaban J connectivity index is 1.52. The van der Waals surface area contributed by atoms with Gasteiger partial charge in [-0.1, -0.05) is 24.3 Å². The van der Waals surface area contributed by atoms with E-state index in [2.05, 4.69) is 15.6 Å². The number of carbonyl (C=O) groups excluding carboxylic acids is 2. The van der Waals surface area contributed by atoms with E-state index in [4.69, 9.17) is 4.74 Å². The zero-order valence-corrected chi connectivity index (χ0v) is 15.6. The van der Waals surface area contributed by atoms with Crippen molar-refractivity contribution in [2.75, 3.05) is 10.6 Å². The molecule has 0 fully saturated rings. The molecule has 2 amide bonds. The van der Waals surface area contributed by atoms with Gasteiger partial charge in [0.2, 0.25) is 11.8 Å². The molecule has 7 heteroatoms. The third-order valence-electron chi connectivity index (χ3n) is 3.51. The fraction of sp³-hybridized carbons (Fsp3) is 0.150. The Kier molecular flexibility index (Phi) is 6.17. The van der Waals surface area contributed by atoms with Gasteiger partial charge in [0.1, 0.15) is 17.4 Å². The minimum Gasteiger partial charge on any atom is -0.486 e. The number of nitrogens with zero attached hydrogens (tertiary/aromatic N) is 1. The number of rotatable bonds is 7. The first kappa shape index (κ1) is 18.6. The lowest BCUT2D eigenvalue weighted by atomic mass is 10.2. The molecule has 0 bridgehead atoms. The summed E-state index contributed by atoms with van der Waals surface area (Å²) in [5.41, 5.74) is 1.95. The quantitative estimate of drug-likeness (QED) is 0.651. The van der Waals surface area contributed by atoms with Crippen LogP contribution in [0.5, 0.6) is 5.75 Å². The number of benzene rings is 2. The van der Waals surface area contributed by atoms with E-state index in [9.17, 15) is 9.59 Å². The molecule has 0 saturated heterocycles. The zero-order valence-electron chi connectivity index (χ0n) is 14.8. The standard InChI is InChI=1S/C20H19N3O3S/c1-14(24)21-15-6-5-7-16(10-15)22-19(25)11-17-13-27-20(23-17)12-26-18-8-3-2-4-9-18/h2-10,13H,11-12H2,1H3,(H,21,24)(H,22,25). The molecule has 3 rings (SSSR count). The summed E-state index contributed by atoms with van der Waals surface area (Å²) < 4.78 is 5.66. The number of hydrogen-bond acceptors (Lipinski definition) is 5. The number of anilines is 2. The molecule has 138 valence electrons. The molecule has 0 aliphatic heterocycles. The summed E-state index contributed by atoms with van der Waals surface area (Å²) in [6.07, 6.45) is 0.173. The molecular formula is C20H19N3O3S. The molecule has 3 aromatic rings. The summed E-state index contributed by atoms with van der Waals surface area (Å²) in [5, 5.41) is 8.17. The highest BCUT2D eigenvalue weighted by Gasteiger charge is 2.09. The summed E-state index contributed by atoms with van der Waals surface area (Å²) >= 11 is 1.46. The molecule has 0 atom stereocenters. The average molecular weight is 381 g/mol. The van der Waals surface area contributed by atoms with Gasteiger partial charge in [0.05, 0.1) is 12.1 Å². The number of thiazole rings is 1. The van der Waals surface area contributed by atoms with Gasteiger partial charge in [0, 0.05) is 23.7 Å². The number of ether oxygens (including phenoxy) is 1. The van der Waals surface area contributed by atoms with Crippen LogP contribution in [0.1, 0.15) is 17.6 Å². The summed E-state index contributed by atoms with van der Waals surface area (Å²) in [6, 6.07) is 16.5. The minimum absolute atomic E-state index is 0.161. The lowest BCUT2D eigenvalue weighted by Crippen LogP contribution is -2.15. The second-order valence-electron chi connectivity index (χ2n) is 5.82. The maximum atomic E-state index is 12.2. The van der Waals surface area contributed by atoms with Crippen LogP contribution in [-0.2, 0) is 22.6 Å². The minimum atomic E-state index is -0.171. The first-order chi connectivity index (χ1) is 13.1. The van der Waals surface area contributed by atoms with Crippen LogP contribution in [-0.4, -0.2) is 16.8 Å². The van der Waals surface area contributed by atoms with Gasteiger partial charge >= 0.3 is 0 Å². The maximum Gasteiger partial charge on any atom is 0.230 e. The molecule has 27 heavy (non-hydrogen) atoms. The summed E-state index contributed by atoms with van der Waals surface area (Å²) in [7, 11) is 0. The van der Waals surface area contributed by atoms with Crippen molar-refractivity contribution in [3.63, 3.8) is 0 Å². The monoisotopic (exact) mass is 381 g/mol. The number of para-hydroxylation sites is 1. The lowest BCUT2D eigenvalue weighted by molar-refractivity contribution is -0.116. The Morgan fingerprint density at radius 3 is 2.52 bits per heavy atom. The van der Waals surface area contributed by atoms with Crippen molar-refractivity contribution in [1.29, 1.82) is 0 Å². The van der Waals surface area contributed by atoms with Gasteiger partial charge < -0.3 is 15.4 Å². The number of hydrogen-bond donors (Lipinski definition) is 2. The van der Waals surface area contributed by atoms with Crippen molar-refractivity contribution in [3.05, 3.63) is 70.7 Å². The van der Waals surface area contributed by atoms with Crippen LogP contribution in [0.2, 0.25) is 0 Å².